The number of methoxy groups -OCH3 is 1. The van der Waals surface area contributed by atoms with Gasteiger partial charge in [-0.25, -0.2) is 4.79 Å². The van der Waals surface area contributed by atoms with E-state index in [1.165, 1.54) is 30.2 Å². The number of rotatable bonds is 6. The van der Waals surface area contributed by atoms with Gasteiger partial charge in [0.25, 0.3) is 0 Å². The number of thioether (sulfide) groups is 1. The molecule has 10 heteroatoms. The summed E-state index contributed by atoms with van der Waals surface area (Å²) in [5.41, 5.74) is 1.53. The van der Waals surface area contributed by atoms with Crippen LogP contribution < -0.4 is 5.32 Å². The first kappa shape index (κ1) is 19.2. The molecule has 0 radical (unpaired) electrons. The van der Waals surface area contributed by atoms with Crippen molar-refractivity contribution in [2.45, 2.75) is 24.4 Å². The van der Waals surface area contributed by atoms with Crippen molar-refractivity contribution in [3.8, 4) is 10.7 Å². The quantitative estimate of drug-likeness (QED) is 0.471. The molecule has 1 aliphatic rings. The molecule has 28 heavy (non-hydrogen) atoms. The lowest BCUT2D eigenvalue weighted by Crippen LogP contribution is -2.16. The van der Waals surface area contributed by atoms with Crippen LogP contribution in [-0.2, 0) is 29.4 Å². The molecule has 3 heterocycles. The van der Waals surface area contributed by atoms with Crippen LogP contribution in [0.2, 0.25) is 0 Å². The molecule has 0 saturated carbocycles. The SMILES string of the molecule is COC(=O)c1c(NC(=O)CSc2nnc(-c3cccs3)n2C)sc2c1CCC2. The Morgan fingerprint density at radius 3 is 2.96 bits per heavy atom. The monoisotopic (exact) mass is 434 g/mol. The maximum absolute atomic E-state index is 12.5. The van der Waals surface area contributed by atoms with Crippen molar-refractivity contribution in [3.05, 3.63) is 33.5 Å². The highest BCUT2D eigenvalue weighted by Gasteiger charge is 2.28. The third-order valence-electron chi connectivity index (χ3n) is 4.47. The molecule has 1 aliphatic carbocycles. The van der Waals surface area contributed by atoms with Crippen LogP contribution >= 0.6 is 34.4 Å². The first-order valence-electron chi connectivity index (χ1n) is 8.67. The molecular weight excluding hydrogens is 416 g/mol. The van der Waals surface area contributed by atoms with Gasteiger partial charge >= 0.3 is 5.97 Å². The fraction of sp³-hybridized carbons (Fsp3) is 0.333. The molecule has 3 aromatic heterocycles. The Hall–Kier alpha value is -2.17. The predicted octanol–water partition coefficient (Wildman–Crippen LogP) is 3.61. The summed E-state index contributed by atoms with van der Waals surface area (Å²) in [4.78, 5) is 26.9. The number of amides is 1. The second kappa shape index (κ2) is 8.06. The number of aryl methyl sites for hydroxylation is 1. The van der Waals surface area contributed by atoms with Crippen LogP contribution in [0, 0.1) is 0 Å². The lowest BCUT2D eigenvalue weighted by atomic mass is 10.1. The van der Waals surface area contributed by atoms with Gasteiger partial charge in [0.05, 0.1) is 23.3 Å². The van der Waals surface area contributed by atoms with Crippen LogP contribution in [0.5, 0.6) is 0 Å². The van der Waals surface area contributed by atoms with E-state index in [4.69, 9.17) is 4.74 Å². The molecule has 3 aromatic rings. The van der Waals surface area contributed by atoms with E-state index in [-0.39, 0.29) is 11.7 Å². The van der Waals surface area contributed by atoms with Crippen LogP contribution in [0.15, 0.2) is 22.7 Å². The summed E-state index contributed by atoms with van der Waals surface area (Å²) in [7, 11) is 3.25. The zero-order chi connectivity index (χ0) is 19.7. The number of esters is 1. The third kappa shape index (κ3) is 3.59. The van der Waals surface area contributed by atoms with E-state index in [1.54, 1.807) is 11.3 Å². The zero-order valence-electron chi connectivity index (χ0n) is 15.4. The molecule has 0 bridgehead atoms. The average Bonchev–Trinajstić information content (AvgIpc) is 3.44. The number of hydrogen-bond acceptors (Lipinski definition) is 8. The smallest absolute Gasteiger partial charge is 0.341 e. The minimum Gasteiger partial charge on any atom is -0.465 e. The van der Waals surface area contributed by atoms with Gasteiger partial charge in [0.1, 0.15) is 5.00 Å². The number of hydrogen-bond donors (Lipinski definition) is 1. The molecule has 0 atom stereocenters. The van der Waals surface area contributed by atoms with Gasteiger partial charge in [0, 0.05) is 11.9 Å². The van der Waals surface area contributed by atoms with E-state index < -0.39 is 5.97 Å². The number of aromatic nitrogens is 3. The summed E-state index contributed by atoms with van der Waals surface area (Å²) in [6.45, 7) is 0. The number of ether oxygens (including phenoxy) is 1. The highest BCUT2D eigenvalue weighted by Crippen LogP contribution is 2.39. The number of nitrogens with one attached hydrogen (secondary N) is 1. The van der Waals surface area contributed by atoms with Gasteiger partial charge in [-0.3, -0.25) is 4.79 Å². The van der Waals surface area contributed by atoms with Gasteiger partial charge in [-0.15, -0.1) is 32.9 Å². The minimum absolute atomic E-state index is 0.180. The Balaban J connectivity index is 1.44. The third-order valence-corrected chi connectivity index (χ3v) is 7.57. The predicted molar refractivity (Wildman–Crippen MR) is 111 cm³/mol. The number of anilines is 1. The molecule has 0 fully saturated rings. The number of fused-ring (bicyclic) bond motifs is 1. The van der Waals surface area contributed by atoms with E-state index in [0.717, 1.165) is 40.4 Å². The van der Waals surface area contributed by atoms with Gasteiger partial charge in [0.2, 0.25) is 5.91 Å². The van der Waals surface area contributed by atoms with E-state index in [2.05, 4.69) is 15.5 Å². The van der Waals surface area contributed by atoms with Gasteiger partial charge in [-0.1, -0.05) is 17.8 Å². The summed E-state index contributed by atoms with van der Waals surface area (Å²) in [6.07, 6.45) is 2.83. The summed E-state index contributed by atoms with van der Waals surface area (Å²) in [5, 5.41) is 14.5. The Morgan fingerprint density at radius 2 is 2.21 bits per heavy atom. The maximum atomic E-state index is 12.5. The van der Waals surface area contributed by atoms with Crippen molar-refractivity contribution in [1.82, 2.24) is 14.8 Å². The summed E-state index contributed by atoms with van der Waals surface area (Å²) < 4.78 is 6.79. The van der Waals surface area contributed by atoms with Crippen LogP contribution in [0.1, 0.15) is 27.2 Å². The van der Waals surface area contributed by atoms with Crippen molar-refractivity contribution >= 4 is 51.3 Å². The van der Waals surface area contributed by atoms with Crippen molar-refractivity contribution in [1.29, 1.82) is 0 Å². The van der Waals surface area contributed by atoms with Crippen LogP contribution in [0.25, 0.3) is 10.7 Å². The molecule has 0 spiro atoms. The van der Waals surface area contributed by atoms with Gasteiger partial charge < -0.3 is 14.6 Å². The molecule has 0 unspecified atom stereocenters. The largest absolute Gasteiger partial charge is 0.465 e. The van der Waals surface area contributed by atoms with Crippen molar-refractivity contribution in [2.24, 2.45) is 7.05 Å². The molecule has 1 N–H and O–H groups in total. The molecule has 146 valence electrons. The fourth-order valence-electron chi connectivity index (χ4n) is 3.16. The number of carbonyl (C=O) groups excluding carboxylic acids is 2. The lowest BCUT2D eigenvalue weighted by molar-refractivity contribution is -0.113. The van der Waals surface area contributed by atoms with Crippen molar-refractivity contribution in [3.63, 3.8) is 0 Å². The van der Waals surface area contributed by atoms with Gasteiger partial charge in [-0.2, -0.15) is 0 Å². The molecule has 4 rings (SSSR count). The first-order chi connectivity index (χ1) is 13.6. The van der Waals surface area contributed by atoms with E-state index in [0.29, 0.717) is 15.7 Å². The second-order valence-corrected chi connectivity index (χ2v) is 9.23. The van der Waals surface area contributed by atoms with Crippen LogP contribution in [0.4, 0.5) is 5.00 Å². The number of carbonyl (C=O) groups is 2. The average molecular weight is 435 g/mol. The van der Waals surface area contributed by atoms with Crippen LogP contribution in [-0.4, -0.2) is 39.5 Å². The summed E-state index contributed by atoms with van der Waals surface area (Å²) >= 11 is 4.38. The van der Waals surface area contributed by atoms with Gasteiger partial charge in [0.15, 0.2) is 11.0 Å². The molecule has 7 nitrogen and oxygen atoms in total. The molecule has 1 amide bonds. The molecule has 0 aromatic carbocycles. The van der Waals surface area contributed by atoms with Crippen molar-refractivity contribution in [2.75, 3.05) is 18.2 Å². The topological polar surface area (TPSA) is 86.1 Å². The first-order valence-corrected chi connectivity index (χ1v) is 11.4. The Kier molecular flexibility index (Phi) is 5.51. The summed E-state index contributed by atoms with van der Waals surface area (Å²) in [6, 6.07) is 3.95. The van der Waals surface area contributed by atoms with Crippen molar-refractivity contribution < 1.29 is 14.3 Å². The van der Waals surface area contributed by atoms with E-state index in [1.807, 2.05) is 29.1 Å². The van der Waals surface area contributed by atoms with E-state index >= 15 is 0 Å². The molecule has 0 aliphatic heterocycles. The number of nitrogens with zero attached hydrogens (tertiary/aromatic N) is 3. The number of thiophene rings is 2. The zero-order valence-corrected chi connectivity index (χ0v) is 17.8. The minimum atomic E-state index is -0.392. The lowest BCUT2D eigenvalue weighted by Gasteiger charge is -2.07. The Bertz CT molecular complexity index is 1020. The summed E-state index contributed by atoms with van der Waals surface area (Å²) in [5.74, 6) is 0.382. The standard InChI is InChI=1S/C18H18N4O3S3/c1-22-15(12-7-4-8-26-12)20-21-18(22)27-9-13(23)19-16-14(17(24)25-2)10-5-3-6-11(10)28-16/h4,7-8H,3,5-6,9H2,1-2H3,(H,19,23). The second-order valence-electron chi connectivity index (χ2n) is 6.23. The van der Waals surface area contributed by atoms with Gasteiger partial charge in [-0.05, 0) is 36.3 Å². The fourth-order valence-corrected chi connectivity index (χ4v) is 5.91. The normalized spacial score (nSPS) is 12.8. The van der Waals surface area contributed by atoms with Crippen LogP contribution in [0.3, 0.4) is 0 Å². The Morgan fingerprint density at radius 1 is 1.36 bits per heavy atom. The Labute approximate surface area is 174 Å². The molecule has 0 saturated heterocycles. The highest BCUT2D eigenvalue weighted by atomic mass is 32.2. The highest BCUT2D eigenvalue weighted by molar-refractivity contribution is 7.99. The molecular formula is C18H18N4O3S3. The van der Waals surface area contributed by atoms with E-state index in [9.17, 15) is 9.59 Å². The maximum Gasteiger partial charge on any atom is 0.341 e.